The van der Waals surface area contributed by atoms with Gasteiger partial charge in [-0.1, -0.05) is 6.07 Å². The number of nitrogens with one attached hydrogen (secondary N) is 1. The first kappa shape index (κ1) is 14.2. The van der Waals surface area contributed by atoms with Crippen LogP contribution in [-0.4, -0.2) is 51.1 Å². The minimum atomic E-state index is 0.236. The lowest BCUT2D eigenvalue weighted by atomic mass is 10.3. The zero-order chi connectivity index (χ0) is 15.8. The molecule has 0 radical (unpaired) electrons. The molecule has 3 aromatic heterocycles. The maximum Gasteiger partial charge on any atom is 0.226 e. The zero-order valence-electron chi connectivity index (χ0n) is 12.7. The summed E-state index contributed by atoms with van der Waals surface area (Å²) in [6.07, 6.45) is 1.62. The lowest BCUT2D eigenvalue weighted by Crippen LogP contribution is -2.47. The molecule has 3 aromatic rings. The van der Waals surface area contributed by atoms with E-state index in [1.54, 1.807) is 6.33 Å². The number of H-pyrrole nitrogens is 1. The third-order valence-electron chi connectivity index (χ3n) is 4.01. The molecule has 1 N–H and O–H groups in total. The molecule has 118 valence electrons. The van der Waals surface area contributed by atoms with Crippen LogP contribution in [0.25, 0.3) is 11.2 Å². The highest BCUT2D eigenvalue weighted by Gasteiger charge is 2.22. The molecule has 0 aromatic carbocycles. The molecule has 0 unspecified atom stereocenters. The second-order valence-electron chi connectivity index (χ2n) is 5.53. The monoisotopic (exact) mass is 329 g/mol. The standard InChI is InChI=1S/C15H16ClN7/c1-10-3-2-4-11(19-10)22-5-7-23(8-6-22)14-12-13(18-9-17-12)20-15(16)21-14/h2-4,9H,5-8H2,1H3,(H,17,18,20,21). The Kier molecular flexibility index (Phi) is 3.49. The Morgan fingerprint density at radius 3 is 2.61 bits per heavy atom. The number of anilines is 2. The van der Waals surface area contributed by atoms with Crippen molar-refractivity contribution in [1.82, 2.24) is 24.9 Å². The van der Waals surface area contributed by atoms with Crippen molar-refractivity contribution in [3.63, 3.8) is 0 Å². The summed E-state index contributed by atoms with van der Waals surface area (Å²) in [4.78, 5) is 24.9. The number of aromatic amines is 1. The molecule has 1 saturated heterocycles. The molecule has 1 fully saturated rings. The van der Waals surface area contributed by atoms with Gasteiger partial charge >= 0.3 is 0 Å². The largest absolute Gasteiger partial charge is 0.353 e. The molecule has 23 heavy (non-hydrogen) atoms. The minimum Gasteiger partial charge on any atom is -0.353 e. The topological polar surface area (TPSA) is 73.8 Å². The van der Waals surface area contributed by atoms with E-state index in [-0.39, 0.29) is 5.28 Å². The summed E-state index contributed by atoms with van der Waals surface area (Å²) in [5.41, 5.74) is 2.46. The molecule has 4 rings (SSSR count). The Balaban J connectivity index is 1.56. The van der Waals surface area contributed by atoms with Gasteiger partial charge < -0.3 is 14.8 Å². The van der Waals surface area contributed by atoms with Crippen LogP contribution < -0.4 is 9.80 Å². The van der Waals surface area contributed by atoms with Gasteiger partial charge in [-0.2, -0.15) is 9.97 Å². The molecule has 0 spiro atoms. The maximum absolute atomic E-state index is 6.02. The van der Waals surface area contributed by atoms with Gasteiger partial charge in [-0.3, -0.25) is 0 Å². The number of piperazine rings is 1. The van der Waals surface area contributed by atoms with Crippen LogP contribution in [0, 0.1) is 6.92 Å². The SMILES string of the molecule is Cc1cccc(N2CCN(c3nc(Cl)nc4[nH]cnc34)CC2)n1. The van der Waals surface area contributed by atoms with E-state index in [0.29, 0.717) is 5.65 Å². The summed E-state index contributed by atoms with van der Waals surface area (Å²) >= 11 is 6.02. The fraction of sp³-hybridized carbons (Fsp3) is 0.333. The number of nitrogens with zero attached hydrogens (tertiary/aromatic N) is 6. The van der Waals surface area contributed by atoms with Gasteiger partial charge in [-0.15, -0.1) is 0 Å². The number of fused-ring (bicyclic) bond motifs is 1. The molecule has 1 aliphatic rings. The van der Waals surface area contributed by atoms with Crippen LogP contribution in [0.1, 0.15) is 5.69 Å². The number of hydrogen-bond acceptors (Lipinski definition) is 6. The highest BCUT2D eigenvalue weighted by molar-refractivity contribution is 6.28. The van der Waals surface area contributed by atoms with E-state index >= 15 is 0 Å². The Morgan fingerprint density at radius 1 is 1.04 bits per heavy atom. The molecular weight excluding hydrogens is 314 g/mol. The Hall–Kier alpha value is -2.41. The smallest absolute Gasteiger partial charge is 0.226 e. The van der Waals surface area contributed by atoms with Crippen molar-refractivity contribution in [2.24, 2.45) is 0 Å². The van der Waals surface area contributed by atoms with Crippen LogP contribution in [0.2, 0.25) is 5.28 Å². The second-order valence-corrected chi connectivity index (χ2v) is 5.87. The summed E-state index contributed by atoms with van der Waals surface area (Å²) in [5.74, 6) is 1.81. The lowest BCUT2D eigenvalue weighted by molar-refractivity contribution is 0.642. The van der Waals surface area contributed by atoms with E-state index in [4.69, 9.17) is 11.6 Å². The highest BCUT2D eigenvalue weighted by Crippen LogP contribution is 2.24. The summed E-state index contributed by atoms with van der Waals surface area (Å²) in [5, 5.41) is 0.236. The van der Waals surface area contributed by atoms with Crippen molar-refractivity contribution in [3.8, 4) is 0 Å². The van der Waals surface area contributed by atoms with Crippen molar-refractivity contribution in [1.29, 1.82) is 0 Å². The van der Waals surface area contributed by atoms with Crippen molar-refractivity contribution in [2.45, 2.75) is 6.92 Å². The van der Waals surface area contributed by atoms with E-state index in [2.05, 4.69) is 40.8 Å². The molecule has 0 atom stereocenters. The molecule has 0 saturated carbocycles. The number of hydrogen-bond donors (Lipinski definition) is 1. The third-order valence-corrected chi connectivity index (χ3v) is 4.18. The number of pyridine rings is 1. The predicted octanol–water partition coefficient (Wildman–Crippen LogP) is 2.04. The number of imidazole rings is 1. The van der Waals surface area contributed by atoms with Crippen LogP contribution in [-0.2, 0) is 0 Å². The molecule has 1 aliphatic heterocycles. The van der Waals surface area contributed by atoms with E-state index < -0.39 is 0 Å². The highest BCUT2D eigenvalue weighted by atomic mass is 35.5. The summed E-state index contributed by atoms with van der Waals surface area (Å²) in [6, 6.07) is 6.11. The molecule has 7 nitrogen and oxygen atoms in total. The lowest BCUT2D eigenvalue weighted by Gasteiger charge is -2.36. The van der Waals surface area contributed by atoms with E-state index in [1.807, 2.05) is 19.1 Å². The van der Waals surface area contributed by atoms with Crippen molar-refractivity contribution in [3.05, 3.63) is 35.5 Å². The number of aromatic nitrogens is 5. The fourth-order valence-electron chi connectivity index (χ4n) is 2.87. The molecule has 0 aliphatic carbocycles. The fourth-order valence-corrected chi connectivity index (χ4v) is 3.03. The summed E-state index contributed by atoms with van der Waals surface area (Å²) in [7, 11) is 0. The van der Waals surface area contributed by atoms with Gasteiger partial charge in [0.25, 0.3) is 0 Å². The Labute approximate surface area is 138 Å². The quantitative estimate of drug-likeness (QED) is 0.725. The molecular formula is C15H16ClN7. The van der Waals surface area contributed by atoms with Crippen molar-refractivity contribution >= 4 is 34.4 Å². The van der Waals surface area contributed by atoms with Gasteiger partial charge in [0.1, 0.15) is 5.82 Å². The van der Waals surface area contributed by atoms with E-state index in [0.717, 1.165) is 49.0 Å². The van der Waals surface area contributed by atoms with Gasteiger partial charge in [-0.05, 0) is 30.7 Å². The number of rotatable bonds is 2. The van der Waals surface area contributed by atoms with Gasteiger partial charge in [0.15, 0.2) is 17.0 Å². The van der Waals surface area contributed by atoms with E-state index in [1.165, 1.54) is 0 Å². The summed E-state index contributed by atoms with van der Waals surface area (Å²) < 4.78 is 0. The maximum atomic E-state index is 6.02. The first-order valence-corrected chi connectivity index (χ1v) is 7.89. The predicted molar refractivity (Wildman–Crippen MR) is 90.1 cm³/mol. The molecule has 8 heteroatoms. The van der Waals surface area contributed by atoms with Gasteiger partial charge in [0, 0.05) is 31.9 Å². The first-order valence-electron chi connectivity index (χ1n) is 7.51. The average molecular weight is 330 g/mol. The average Bonchev–Trinajstić information content (AvgIpc) is 3.02. The van der Waals surface area contributed by atoms with Crippen LogP contribution >= 0.6 is 11.6 Å². The van der Waals surface area contributed by atoms with E-state index in [9.17, 15) is 0 Å². The first-order chi connectivity index (χ1) is 11.2. The van der Waals surface area contributed by atoms with Gasteiger partial charge in [-0.25, -0.2) is 9.97 Å². The van der Waals surface area contributed by atoms with Gasteiger partial charge in [0.2, 0.25) is 5.28 Å². The van der Waals surface area contributed by atoms with Gasteiger partial charge in [0.05, 0.1) is 6.33 Å². The minimum absolute atomic E-state index is 0.236. The Bertz CT molecular complexity index is 839. The molecule has 4 heterocycles. The van der Waals surface area contributed by atoms with Crippen LogP contribution in [0.5, 0.6) is 0 Å². The zero-order valence-corrected chi connectivity index (χ0v) is 13.5. The van der Waals surface area contributed by atoms with Crippen LogP contribution in [0.3, 0.4) is 0 Å². The third kappa shape index (κ3) is 2.68. The molecule has 0 amide bonds. The summed E-state index contributed by atoms with van der Waals surface area (Å²) in [6.45, 7) is 5.45. The molecule has 0 bridgehead atoms. The van der Waals surface area contributed by atoms with Crippen molar-refractivity contribution in [2.75, 3.05) is 36.0 Å². The second kappa shape index (κ2) is 5.66. The normalized spacial score (nSPS) is 15.4. The number of halogens is 1. The van der Waals surface area contributed by atoms with Crippen molar-refractivity contribution < 1.29 is 0 Å². The number of aryl methyl sites for hydroxylation is 1. The van der Waals surface area contributed by atoms with Crippen LogP contribution in [0.4, 0.5) is 11.6 Å². The van der Waals surface area contributed by atoms with Crippen LogP contribution in [0.15, 0.2) is 24.5 Å². The Morgan fingerprint density at radius 2 is 1.83 bits per heavy atom.